The number of nitrogens with one attached hydrogen (secondary N) is 1. The molecule has 2 rings (SSSR count). The molecule has 4 unspecified atom stereocenters. The number of nitrogens with two attached hydrogens (primary N) is 1. The Bertz CT molecular complexity index is 421. The van der Waals surface area contributed by atoms with Crippen LogP contribution in [0.5, 0.6) is 0 Å². The molecule has 17 heavy (non-hydrogen) atoms. The van der Waals surface area contributed by atoms with Gasteiger partial charge in [0.25, 0.3) is 0 Å². The highest BCUT2D eigenvalue weighted by Crippen LogP contribution is 2.28. The maximum absolute atomic E-state index is 9.73. The molecule has 4 atom stereocenters. The first-order chi connectivity index (χ1) is 8.04. The Morgan fingerprint density at radius 2 is 2.24 bits per heavy atom. The number of rotatable bonds is 3. The number of aliphatic hydroxyl groups is 3. The van der Waals surface area contributed by atoms with Crippen molar-refractivity contribution in [1.82, 2.24) is 9.78 Å². The number of ether oxygens (including phenoxy) is 1. The Morgan fingerprint density at radius 3 is 2.71 bits per heavy atom. The highest BCUT2D eigenvalue weighted by molar-refractivity contribution is 5.92. The number of aromatic nitrogens is 2. The second-order valence-electron chi connectivity index (χ2n) is 3.82. The van der Waals surface area contributed by atoms with Gasteiger partial charge in [-0.25, -0.2) is 4.68 Å². The van der Waals surface area contributed by atoms with Crippen LogP contribution in [0.3, 0.4) is 0 Å². The van der Waals surface area contributed by atoms with Crippen LogP contribution in [-0.4, -0.2) is 55.9 Å². The number of nitrogens with zero attached hydrogens (tertiary/aromatic N) is 2. The van der Waals surface area contributed by atoms with Gasteiger partial charge < -0.3 is 25.8 Å². The minimum Gasteiger partial charge on any atom is -0.394 e. The van der Waals surface area contributed by atoms with Crippen molar-refractivity contribution < 1.29 is 20.1 Å². The summed E-state index contributed by atoms with van der Waals surface area (Å²) in [6, 6.07) is 1.50. The summed E-state index contributed by atoms with van der Waals surface area (Å²) in [6.07, 6.45) is -2.62. The third-order valence-electron chi connectivity index (χ3n) is 2.66. The summed E-state index contributed by atoms with van der Waals surface area (Å²) in [7, 11) is 0. The van der Waals surface area contributed by atoms with Crippen LogP contribution in [0.2, 0.25) is 0 Å². The molecule has 1 fully saturated rings. The molecule has 0 spiro atoms. The minimum absolute atomic E-state index is 0.199. The van der Waals surface area contributed by atoms with Crippen LogP contribution >= 0.6 is 0 Å². The van der Waals surface area contributed by atoms with Crippen molar-refractivity contribution in [1.29, 1.82) is 5.41 Å². The first-order valence-electron chi connectivity index (χ1n) is 5.06. The first-order valence-corrected chi connectivity index (χ1v) is 5.06. The summed E-state index contributed by atoms with van der Waals surface area (Å²) in [5.74, 6) is -0.199. The van der Waals surface area contributed by atoms with Gasteiger partial charge in [-0.3, -0.25) is 5.41 Å². The quantitative estimate of drug-likeness (QED) is 0.300. The van der Waals surface area contributed by atoms with Crippen LogP contribution in [0.15, 0.2) is 12.3 Å². The van der Waals surface area contributed by atoms with Gasteiger partial charge in [0.2, 0.25) is 0 Å². The molecule has 1 saturated heterocycles. The summed E-state index contributed by atoms with van der Waals surface area (Å²) >= 11 is 0. The van der Waals surface area contributed by atoms with E-state index in [9.17, 15) is 10.2 Å². The van der Waals surface area contributed by atoms with E-state index in [1.54, 1.807) is 0 Å². The maximum Gasteiger partial charge on any atom is 0.179 e. The maximum atomic E-state index is 9.73. The molecular formula is C9H14N4O4. The SMILES string of the molecule is N=C(N)c1ccn(C2OC(CO)C(O)C2O)n1. The predicted octanol–water partition coefficient (Wildman–Crippen LogP) is -2.22. The van der Waals surface area contributed by atoms with Crippen molar-refractivity contribution in [3.63, 3.8) is 0 Å². The molecule has 0 aliphatic carbocycles. The minimum atomic E-state index is -1.19. The van der Waals surface area contributed by atoms with E-state index in [-0.39, 0.29) is 11.5 Å². The third-order valence-corrected chi connectivity index (χ3v) is 2.66. The van der Waals surface area contributed by atoms with E-state index >= 15 is 0 Å². The number of nitrogen functional groups attached to an aromatic ring is 1. The van der Waals surface area contributed by atoms with Gasteiger partial charge in [0, 0.05) is 6.20 Å². The number of amidine groups is 1. The molecule has 0 saturated carbocycles. The summed E-state index contributed by atoms with van der Waals surface area (Å²) in [5.41, 5.74) is 5.51. The zero-order valence-corrected chi connectivity index (χ0v) is 8.89. The zero-order chi connectivity index (χ0) is 12.6. The Morgan fingerprint density at radius 1 is 1.53 bits per heavy atom. The first kappa shape index (κ1) is 12.0. The monoisotopic (exact) mass is 242 g/mol. The van der Waals surface area contributed by atoms with Crippen molar-refractivity contribution in [3.8, 4) is 0 Å². The van der Waals surface area contributed by atoms with Crippen LogP contribution in [0, 0.1) is 5.41 Å². The molecule has 1 aromatic heterocycles. The topological polar surface area (TPSA) is 138 Å². The Hall–Kier alpha value is -1.48. The molecule has 0 radical (unpaired) electrons. The molecule has 6 N–H and O–H groups in total. The van der Waals surface area contributed by atoms with Crippen molar-refractivity contribution >= 4 is 5.84 Å². The molecule has 1 aromatic rings. The van der Waals surface area contributed by atoms with Crippen molar-refractivity contribution in [3.05, 3.63) is 18.0 Å². The van der Waals surface area contributed by atoms with E-state index in [2.05, 4.69) is 5.10 Å². The number of hydrogen-bond donors (Lipinski definition) is 5. The highest BCUT2D eigenvalue weighted by Gasteiger charge is 2.43. The molecule has 0 amide bonds. The van der Waals surface area contributed by atoms with Gasteiger partial charge in [-0.2, -0.15) is 5.10 Å². The van der Waals surface area contributed by atoms with Crippen LogP contribution in [0.25, 0.3) is 0 Å². The molecular weight excluding hydrogens is 228 g/mol. The second kappa shape index (κ2) is 4.41. The lowest BCUT2D eigenvalue weighted by atomic mass is 10.1. The molecule has 0 aromatic carbocycles. The van der Waals surface area contributed by atoms with Crippen molar-refractivity contribution in [2.24, 2.45) is 5.73 Å². The summed E-state index contributed by atoms with van der Waals surface area (Å²) in [5, 5.41) is 39.4. The molecule has 1 aliphatic rings. The van der Waals surface area contributed by atoms with E-state index in [1.807, 2.05) is 0 Å². The van der Waals surface area contributed by atoms with Gasteiger partial charge in [-0.1, -0.05) is 0 Å². The summed E-state index contributed by atoms with van der Waals surface area (Å²) in [4.78, 5) is 0. The van der Waals surface area contributed by atoms with Gasteiger partial charge in [-0.05, 0) is 6.07 Å². The lowest BCUT2D eigenvalue weighted by Crippen LogP contribution is -2.33. The lowest BCUT2D eigenvalue weighted by molar-refractivity contribution is -0.0586. The smallest absolute Gasteiger partial charge is 0.179 e. The van der Waals surface area contributed by atoms with E-state index in [1.165, 1.54) is 16.9 Å². The highest BCUT2D eigenvalue weighted by atomic mass is 16.6. The normalized spacial score (nSPS) is 32.9. The summed E-state index contributed by atoms with van der Waals surface area (Å²) < 4.78 is 6.52. The fourth-order valence-corrected chi connectivity index (χ4v) is 1.72. The van der Waals surface area contributed by atoms with Crippen LogP contribution in [0.1, 0.15) is 11.9 Å². The van der Waals surface area contributed by atoms with Gasteiger partial charge in [0.15, 0.2) is 6.23 Å². The van der Waals surface area contributed by atoms with Gasteiger partial charge in [0.05, 0.1) is 6.61 Å². The average Bonchev–Trinajstić information content (AvgIpc) is 2.87. The zero-order valence-electron chi connectivity index (χ0n) is 8.89. The van der Waals surface area contributed by atoms with E-state index in [4.69, 9.17) is 21.0 Å². The molecule has 1 aliphatic heterocycles. The fourth-order valence-electron chi connectivity index (χ4n) is 1.72. The number of aliphatic hydroxyl groups excluding tert-OH is 3. The van der Waals surface area contributed by atoms with Crippen LogP contribution < -0.4 is 5.73 Å². The van der Waals surface area contributed by atoms with Gasteiger partial charge in [0.1, 0.15) is 29.8 Å². The summed E-state index contributed by atoms with van der Waals surface area (Å²) in [6.45, 7) is -0.393. The molecule has 8 nitrogen and oxygen atoms in total. The molecule has 0 bridgehead atoms. The van der Waals surface area contributed by atoms with Crippen molar-refractivity contribution in [2.75, 3.05) is 6.61 Å². The largest absolute Gasteiger partial charge is 0.394 e. The van der Waals surface area contributed by atoms with E-state index in [0.29, 0.717) is 0 Å². The number of hydrogen-bond acceptors (Lipinski definition) is 6. The average molecular weight is 242 g/mol. The second-order valence-corrected chi connectivity index (χ2v) is 3.82. The predicted molar refractivity (Wildman–Crippen MR) is 56.3 cm³/mol. The standard InChI is InChI=1S/C9H14N4O4/c10-8(11)4-1-2-13(12-4)9-7(16)6(15)5(3-14)17-9/h1-2,5-7,9,14-16H,3H2,(H3,10,11). The van der Waals surface area contributed by atoms with Crippen molar-refractivity contribution in [2.45, 2.75) is 24.5 Å². The molecule has 8 heteroatoms. The Balaban J connectivity index is 2.19. The Labute approximate surface area is 96.7 Å². The fraction of sp³-hybridized carbons (Fsp3) is 0.556. The van der Waals surface area contributed by atoms with E-state index < -0.39 is 31.1 Å². The molecule has 2 heterocycles. The van der Waals surface area contributed by atoms with Crippen LogP contribution in [0.4, 0.5) is 0 Å². The lowest BCUT2D eigenvalue weighted by Gasteiger charge is -2.14. The van der Waals surface area contributed by atoms with Gasteiger partial charge in [-0.15, -0.1) is 0 Å². The van der Waals surface area contributed by atoms with Crippen LogP contribution in [-0.2, 0) is 4.74 Å². The van der Waals surface area contributed by atoms with Gasteiger partial charge >= 0.3 is 0 Å². The Kier molecular flexibility index (Phi) is 3.11. The van der Waals surface area contributed by atoms with E-state index in [0.717, 1.165) is 0 Å². The molecule has 94 valence electrons. The third kappa shape index (κ3) is 2.03.